The van der Waals surface area contributed by atoms with Crippen LogP contribution in [0, 0.1) is 5.82 Å². The van der Waals surface area contributed by atoms with Crippen molar-refractivity contribution in [3.63, 3.8) is 0 Å². The van der Waals surface area contributed by atoms with E-state index in [1.165, 1.54) is 17.7 Å². The molecule has 2 aliphatic heterocycles. The van der Waals surface area contributed by atoms with E-state index in [0.29, 0.717) is 32.1 Å². The highest BCUT2D eigenvalue weighted by molar-refractivity contribution is 5.75. The second kappa shape index (κ2) is 9.26. The zero-order valence-corrected chi connectivity index (χ0v) is 17.1. The smallest absolute Gasteiger partial charge is 0.390 e. The lowest BCUT2D eigenvalue weighted by Crippen LogP contribution is -2.44. The van der Waals surface area contributed by atoms with Crippen LogP contribution in [0.4, 0.5) is 17.6 Å². The molecular formula is C23H25F4N3O. The van der Waals surface area contributed by atoms with E-state index in [1.54, 1.807) is 17.0 Å². The molecule has 0 aromatic heterocycles. The molecule has 0 saturated heterocycles. The number of hydrogen-bond acceptors (Lipinski definition) is 4. The summed E-state index contributed by atoms with van der Waals surface area (Å²) in [7, 11) is 0. The zero-order valence-electron chi connectivity index (χ0n) is 17.1. The summed E-state index contributed by atoms with van der Waals surface area (Å²) >= 11 is 0. The normalized spacial score (nSPS) is 22.0. The minimum atomic E-state index is -4.19. The first-order valence-electron chi connectivity index (χ1n) is 10.5. The Hall–Kier alpha value is -2.61. The molecule has 0 unspecified atom stereocenters. The van der Waals surface area contributed by atoms with Crippen LogP contribution in [0.1, 0.15) is 35.6 Å². The van der Waals surface area contributed by atoms with Gasteiger partial charge in [0.2, 0.25) is 0 Å². The molecule has 0 spiro atoms. The summed E-state index contributed by atoms with van der Waals surface area (Å²) in [5.74, 6) is -0.306. The minimum absolute atomic E-state index is 0.0587. The van der Waals surface area contributed by atoms with Crippen molar-refractivity contribution < 1.29 is 22.3 Å². The Bertz CT molecular complexity index is 914. The molecule has 166 valence electrons. The van der Waals surface area contributed by atoms with E-state index in [1.807, 2.05) is 17.0 Å². The van der Waals surface area contributed by atoms with E-state index in [2.05, 4.69) is 17.1 Å². The van der Waals surface area contributed by atoms with Crippen molar-refractivity contribution in [3.05, 3.63) is 71.0 Å². The van der Waals surface area contributed by atoms with Crippen LogP contribution in [0.25, 0.3) is 0 Å². The van der Waals surface area contributed by atoms with Crippen molar-refractivity contribution in [2.24, 2.45) is 4.99 Å². The lowest BCUT2D eigenvalue weighted by Gasteiger charge is -2.40. The molecule has 0 fully saturated rings. The Morgan fingerprint density at radius 2 is 1.81 bits per heavy atom. The van der Waals surface area contributed by atoms with Gasteiger partial charge in [-0.05, 0) is 41.7 Å². The third kappa shape index (κ3) is 5.36. The molecule has 1 atom stereocenters. The van der Waals surface area contributed by atoms with Crippen LogP contribution in [-0.2, 0) is 11.2 Å². The topological polar surface area (TPSA) is 28.1 Å². The molecule has 0 aliphatic carbocycles. The van der Waals surface area contributed by atoms with E-state index in [-0.39, 0.29) is 25.1 Å². The molecule has 8 heteroatoms. The number of nitrogens with zero attached hydrogens (tertiary/aromatic N) is 3. The number of alkyl halides is 3. The number of aliphatic imine (C=N–C) groups is 1. The van der Waals surface area contributed by atoms with Gasteiger partial charge in [-0.2, -0.15) is 13.2 Å². The highest BCUT2D eigenvalue weighted by Crippen LogP contribution is 2.35. The lowest BCUT2D eigenvalue weighted by atomic mass is 9.88. The van der Waals surface area contributed by atoms with E-state index in [9.17, 15) is 17.6 Å². The first kappa shape index (κ1) is 21.6. The first-order chi connectivity index (χ1) is 14.9. The average molecular weight is 435 g/mol. The van der Waals surface area contributed by atoms with Gasteiger partial charge in [0.25, 0.3) is 6.02 Å². The predicted octanol–water partition coefficient (Wildman–Crippen LogP) is 4.76. The van der Waals surface area contributed by atoms with Gasteiger partial charge in [0, 0.05) is 26.2 Å². The number of halogens is 4. The van der Waals surface area contributed by atoms with Gasteiger partial charge >= 0.3 is 6.18 Å². The van der Waals surface area contributed by atoms with Crippen LogP contribution in [0.2, 0.25) is 0 Å². The maximum atomic E-state index is 13.6. The summed E-state index contributed by atoms with van der Waals surface area (Å²) < 4.78 is 57.4. The van der Waals surface area contributed by atoms with Gasteiger partial charge in [0.05, 0.1) is 12.5 Å². The van der Waals surface area contributed by atoms with Gasteiger partial charge < -0.3 is 9.64 Å². The average Bonchev–Trinajstić information content (AvgIpc) is 2.73. The van der Waals surface area contributed by atoms with E-state index in [4.69, 9.17) is 4.74 Å². The molecule has 2 aliphatic rings. The van der Waals surface area contributed by atoms with E-state index >= 15 is 0 Å². The van der Waals surface area contributed by atoms with Crippen molar-refractivity contribution in [2.45, 2.75) is 31.5 Å². The maximum Gasteiger partial charge on any atom is 0.390 e. The third-order valence-corrected chi connectivity index (χ3v) is 5.68. The predicted molar refractivity (Wildman–Crippen MR) is 110 cm³/mol. The number of rotatable bonds is 3. The van der Waals surface area contributed by atoms with Gasteiger partial charge in [-0.25, -0.2) is 9.38 Å². The van der Waals surface area contributed by atoms with Crippen LogP contribution in [0.15, 0.2) is 53.5 Å². The van der Waals surface area contributed by atoms with Crippen LogP contribution in [-0.4, -0.2) is 54.9 Å². The summed E-state index contributed by atoms with van der Waals surface area (Å²) in [6.45, 7) is 1.61. The Balaban J connectivity index is 1.58. The minimum Gasteiger partial charge on any atom is -0.449 e. The number of ether oxygens (including phenoxy) is 1. The van der Waals surface area contributed by atoms with Crippen LogP contribution >= 0.6 is 0 Å². The molecule has 2 aromatic carbocycles. The molecule has 2 heterocycles. The molecule has 0 radical (unpaired) electrons. The fourth-order valence-corrected chi connectivity index (χ4v) is 4.14. The summed E-state index contributed by atoms with van der Waals surface area (Å²) in [5, 5.41) is 0. The number of benzene rings is 2. The Morgan fingerprint density at radius 3 is 2.58 bits per heavy atom. The number of amidine groups is 1. The van der Waals surface area contributed by atoms with Crippen LogP contribution < -0.4 is 0 Å². The fraction of sp³-hybridized carbons (Fsp3) is 0.435. The summed E-state index contributed by atoms with van der Waals surface area (Å²) in [6, 6.07) is 14.7. The van der Waals surface area contributed by atoms with Crippen molar-refractivity contribution in [3.8, 4) is 0 Å². The Kier molecular flexibility index (Phi) is 6.46. The molecular weight excluding hydrogens is 410 g/mol. The number of hydrogen-bond donors (Lipinski definition) is 0. The quantitative estimate of drug-likeness (QED) is 0.651. The van der Waals surface area contributed by atoms with Gasteiger partial charge in [-0.3, -0.25) is 4.90 Å². The molecule has 4 nitrogen and oxygen atoms in total. The second-order valence-electron chi connectivity index (χ2n) is 7.87. The van der Waals surface area contributed by atoms with Gasteiger partial charge in [-0.1, -0.05) is 36.4 Å². The third-order valence-electron chi connectivity index (χ3n) is 5.68. The molecule has 2 aromatic rings. The molecule has 31 heavy (non-hydrogen) atoms. The highest BCUT2D eigenvalue weighted by atomic mass is 19.4. The van der Waals surface area contributed by atoms with Crippen molar-refractivity contribution in [1.82, 2.24) is 9.80 Å². The fourth-order valence-electron chi connectivity index (χ4n) is 4.14. The van der Waals surface area contributed by atoms with Gasteiger partial charge in [0.1, 0.15) is 12.5 Å². The first-order valence-corrected chi connectivity index (χ1v) is 10.5. The molecule has 0 N–H and O–H groups in total. The van der Waals surface area contributed by atoms with E-state index in [0.717, 1.165) is 17.5 Å². The van der Waals surface area contributed by atoms with Crippen molar-refractivity contribution in [2.75, 3.05) is 32.9 Å². The maximum absolute atomic E-state index is 13.6. The Morgan fingerprint density at radius 1 is 1.03 bits per heavy atom. The van der Waals surface area contributed by atoms with Crippen LogP contribution in [0.3, 0.4) is 0 Å². The summed E-state index contributed by atoms with van der Waals surface area (Å²) in [5.41, 5.74) is 3.23. The molecule has 0 bridgehead atoms. The van der Waals surface area contributed by atoms with E-state index < -0.39 is 12.6 Å². The Labute approximate surface area is 179 Å². The SMILES string of the molecule is Fc1ccc([C@H]2c3ccccc3CCN2/C2=N/CCCN(CCC(F)(F)F)CO2)cc1. The number of fused-ring (bicyclic) bond motifs is 1. The molecule has 0 amide bonds. The van der Waals surface area contributed by atoms with Gasteiger partial charge in [-0.15, -0.1) is 0 Å². The monoisotopic (exact) mass is 435 g/mol. The summed E-state index contributed by atoms with van der Waals surface area (Å²) in [6.07, 6.45) is -3.59. The summed E-state index contributed by atoms with van der Waals surface area (Å²) in [4.78, 5) is 8.33. The van der Waals surface area contributed by atoms with Crippen LogP contribution in [0.5, 0.6) is 0 Å². The second-order valence-corrected chi connectivity index (χ2v) is 7.87. The molecule has 0 saturated carbocycles. The standard InChI is InChI=1S/C23H25F4N3O/c24-19-8-6-18(7-9-19)21-20-5-2-1-4-17(20)10-14-30(21)22-28-12-3-13-29(16-31-22)15-11-23(25,26)27/h1-2,4-9,21H,3,10-16H2/b28-22-/t21-/m0/s1. The molecule has 4 rings (SSSR count). The largest absolute Gasteiger partial charge is 0.449 e. The van der Waals surface area contributed by atoms with Crippen molar-refractivity contribution in [1.29, 1.82) is 0 Å². The van der Waals surface area contributed by atoms with Gasteiger partial charge in [0.15, 0.2) is 0 Å². The van der Waals surface area contributed by atoms with Crippen molar-refractivity contribution >= 4 is 6.02 Å². The highest BCUT2D eigenvalue weighted by Gasteiger charge is 2.33. The lowest BCUT2D eigenvalue weighted by molar-refractivity contribution is -0.139. The zero-order chi connectivity index (χ0) is 21.8.